The Labute approximate surface area is 115 Å². The van der Waals surface area contributed by atoms with Crippen LogP contribution in [0.2, 0.25) is 0 Å². The Morgan fingerprint density at radius 2 is 2.11 bits per heavy atom. The summed E-state index contributed by atoms with van der Waals surface area (Å²) in [4.78, 5) is 11.5. The largest absolute Gasteiger partial charge is 0.394 e. The third-order valence-electron chi connectivity index (χ3n) is 2.23. The molecule has 4 nitrogen and oxygen atoms in total. The Morgan fingerprint density at radius 1 is 1.44 bits per heavy atom. The van der Waals surface area contributed by atoms with Gasteiger partial charge in [-0.15, -0.1) is 0 Å². The van der Waals surface area contributed by atoms with Crippen LogP contribution in [-0.2, 0) is 0 Å². The van der Waals surface area contributed by atoms with Crippen LogP contribution in [0.15, 0.2) is 34.9 Å². The molecule has 0 unspecified atom stereocenters. The first-order valence-corrected chi connectivity index (χ1v) is 6.34. The third-order valence-corrected chi connectivity index (χ3v) is 2.95. The van der Waals surface area contributed by atoms with Crippen molar-refractivity contribution in [1.82, 2.24) is 10.6 Å². The number of hydrogen-bond acceptors (Lipinski definition) is 2. The molecule has 0 bridgehead atoms. The zero-order valence-electron chi connectivity index (χ0n) is 10.4. The van der Waals surface area contributed by atoms with E-state index >= 15 is 0 Å². The van der Waals surface area contributed by atoms with Gasteiger partial charge in [0.25, 0.3) is 0 Å². The van der Waals surface area contributed by atoms with Gasteiger partial charge < -0.3 is 15.7 Å². The maximum Gasteiger partial charge on any atom is 0.319 e. The monoisotopic (exact) mass is 312 g/mol. The number of aliphatic hydroxyl groups excluding tert-OH is 1. The number of halogens is 1. The van der Waals surface area contributed by atoms with Crippen LogP contribution in [0, 0.1) is 0 Å². The summed E-state index contributed by atoms with van der Waals surface area (Å²) in [5.41, 5.74) is 0.338. The van der Waals surface area contributed by atoms with Crippen molar-refractivity contribution >= 4 is 28.0 Å². The van der Waals surface area contributed by atoms with Gasteiger partial charge in [0.15, 0.2) is 0 Å². The van der Waals surface area contributed by atoms with Crippen molar-refractivity contribution in [3.63, 3.8) is 0 Å². The maximum absolute atomic E-state index is 11.5. The Hall–Kier alpha value is -1.33. The topological polar surface area (TPSA) is 61.4 Å². The van der Waals surface area contributed by atoms with Gasteiger partial charge in [-0.2, -0.15) is 0 Å². The standard InChI is InChI=1S/C13H17BrN2O2/c1-13(2,9-17)16-12(18)15-8-7-10-5-3-4-6-11(10)14/h3-8,17H,9H2,1-2H3,(H2,15,16,18)/b8-7+. The molecule has 1 aromatic carbocycles. The van der Waals surface area contributed by atoms with Crippen LogP contribution >= 0.6 is 15.9 Å². The van der Waals surface area contributed by atoms with Crippen molar-refractivity contribution in [2.24, 2.45) is 0 Å². The van der Waals surface area contributed by atoms with Crippen molar-refractivity contribution in [2.45, 2.75) is 19.4 Å². The number of carbonyl (C=O) groups is 1. The number of aliphatic hydroxyl groups is 1. The zero-order valence-corrected chi connectivity index (χ0v) is 12.0. The van der Waals surface area contributed by atoms with E-state index in [4.69, 9.17) is 5.11 Å². The minimum absolute atomic E-state index is 0.117. The molecule has 0 saturated heterocycles. The highest BCUT2D eigenvalue weighted by atomic mass is 79.9. The lowest BCUT2D eigenvalue weighted by Crippen LogP contribution is -2.49. The lowest BCUT2D eigenvalue weighted by Gasteiger charge is -2.22. The van der Waals surface area contributed by atoms with E-state index in [9.17, 15) is 4.79 Å². The summed E-state index contributed by atoms with van der Waals surface area (Å²) in [5.74, 6) is 0. The molecule has 0 spiro atoms. The number of urea groups is 1. The van der Waals surface area contributed by atoms with Crippen molar-refractivity contribution in [3.05, 3.63) is 40.5 Å². The number of rotatable bonds is 4. The highest BCUT2D eigenvalue weighted by Crippen LogP contribution is 2.16. The number of nitrogens with one attached hydrogen (secondary N) is 2. The van der Waals surface area contributed by atoms with Gasteiger partial charge in [-0.1, -0.05) is 34.1 Å². The van der Waals surface area contributed by atoms with Crippen LogP contribution in [0.5, 0.6) is 0 Å². The van der Waals surface area contributed by atoms with Crippen LogP contribution in [0.4, 0.5) is 4.79 Å². The lowest BCUT2D eigenvalue weighted by atomic mass is 10.1. The number of hydrogen-bond donors (Lipinski definition) is 3. The molecule has 0 radical (unpaired) electrons. The first-order chi connectivity index (χ1) is 8.44. The molecule has 1 rings (SSSR count). The van der Waals surface area contributed by atoms with Gasteiger partial charge in [-0.3, -0.25) is 0 Å². The second-order valence-corrected chi connectivity index (χ2v) is 5.35. The Kier molecular flexibility index (Phi) is 5.37. The van der Waals surface area contributed by atoms with E-state index in [2.05, 4.69) is 26.6 Å². The molecule has 0 aliphatic carbocycles. The van der Waals surface area contributed by atoms with Crippen LogP contribution < -0.4 is 10.6 Å². The van der Waals surface area contributed by atoms with Crippen LogP contribution in [0.25, 0.3) is 6.08 Å². The molecule has 0 aliphatic rings. The second kappa shape index (κ2) is 6.56. The van der Waals surface area contributed by atoms with Gasteiger partial charge >= 0.3 is 6.03 Å². The van der Waals surface area contributed by atoms with Crippen molar-refractivity contribution in [2.75, 3.05) is 6.61 Å². The summed E-state index contributed by atoms with van der Waals surface area (Å²) < 4.78 is 0.958. The minimum Gasteiger partial charge on any atom is -0.394 e. The highest BCUT2D eigenvalue weighted by Gasteiger charge is 2.17. The van der Waals surface area contributed by atoms with Gasteiger partial charge in [0.2, 0.25) is 0 Å². The second-order valence-electron chi connectivity index (χ2n) is 4.50. The van der Waals surface area contributed by atoms with Gasteiger partial charge in [-0.25, -0.2) is 4.79 Å². The molecule has 2 amide bonds. The Morgan fingerprint density at radius 3 is 2.72 bits per heavy atom. The van der Waals surface area contributed by atoms with Crippen molar-refractivity contribution < 1.29 is 9.90 Å². The first kappa shape index (κ1) is 14.7. The molecule has 0 heterocycles. The van der Waals surface area contributed by atoms with E-state index in [1.165, 1.54) is 0 Å². The maximum atomic E-state index is 11.5. The fourth-order valence-electron chi connectivity index (χ4n) is 1.20. The fraction of sp³-hybridized carbons (Fsp3) is 0.308. The fourth-order valence-corrected chi connectivity index (χ4v) is 1.62. The normalized spacial score (nSPS) is 11.6. The molecular weight excluding hydrogens is 296 g/mol. The predicted octanol–water partition coefficient (Wildman–Crippen LogP) is 2.49. The van der Waals surface area contributed by atoms with Crippen molar-refractivity contribution in [1.29, 1.82) is 0 Å². The zero-order chi connectivity index (χ0) is 13.6. The molecule has 1 aromatic rings. The summed E-state index contributed by atoms with van der Waals surface area (Å²) in [6.07, 6.45) is 3.35. The third kappa shape index (κ3) is 4.89. The Bertz CT molecular complexity index is 444. The van der Waals surface area contributed by atoms with Gasteiger partial charge in [0.1, 0.15) is 0 Å². The van der Waals surface area contributed by atoms with Gasteiger partial charge in [0.05, 0.1) is 12.1 Å². The van der Waals surface area contributed by atoms with E-state index < -0.39 is 5.54 Å². The SMILES string of the molecule is CC(C)(CO)NC(=O)N/C=C/c1ccccc1Br. The van der Waals surface area contributed by atoms with E-state index in [1.807, 2.05) is 24.3 Å². The Balaban J connectivity index is 2.51. The van der Waals surface area contributed by atoms with E-state index in [-0.39, 0.29) is 12.6 Å². The molecular formula is C13H17BrN2O2. The number of amides is 2. The number of benzene rings is 1. The van der Waals surface area contributed by atoms with Gasteiger partial charge in [-0.05, 0) is 31.6 Å². The summed E-state index contributed by atoms with van der Waals surface area (Å²) in [6, 6.07) is 7.34. The smallest absolute Gasteiger partial charge is 0.319 e. The summed E-state index contributed by atoms with van der Waals surface area (Å²) in [5, 5.41) is 14.2. The molecule has 0 aliphatic heterocycles. The lowest BCUT2D eigenvalue weighted by molar-refractivity contribution is 0.183. The molecule has 0 atom stereocenters. The minimum atomic E-state index is -0.634. The molecule has 5 heteroatoms. The summed E-state index contributed by atoms with van der Waals surface area (Å²) in [7, 11) is 0. The molecule has 98 valence electrons. The average molecular weight is 313 g/mol. The summed E-state index contributed by atoms with van der Waals surface area (Å²) in [6.45, 7) is 3.36. The van der Waals surface area contributed by atoms with Crippen molar-refractivity contribution in [3.8, 4) is 0 Å². The van der Waals surface area contributed by atoms with Crippen LogP contribution in [0.3, 0.4) is 0 Å². The highest BCUT2D eigenvalue weighted by molar-refractivity contribution is 9.10. The van der Waals surface area contributed by atoms with Crippen LogP contribution in [-0.4, -0.2) is 23.3 Å². The summed E-state index contributed by atoms with van der Waals surface area (Å²) >= 11 is 3.41. The predicted molar refractivity (Wildman–Crippen MR) is 76.0 cm³/mol. The van der Waals surface area contributed by atoms with E-state index in [1.54, 1.807) is 26.1 Å². The van der Waals surface area contributed by atoms with E-state index in [0.29, 0.717) is 0 Å². The van der Waals surface area contributed by atoms with Gasteiger partial charge in [0, 0.05) is 10.7 Å². The molecule has 3 N–H and O–H groups in total. The number of carbonyl (C=O) groups excluding carboxylic acids is 1. The first-order valence-electron chi connectivity index (χ1n) is 5.55. The molecule has 0 aromatic heterocycles. The van der Waals surface area contributed by atoms with Crippen LogP contribution in [0.1, 0.15) is 19.4 Å². The average Bonchev–Trinajstić information content (AvgIpc) is 2.31. The molecule has 0 saturated carbocycles. The molecule has 18 heavy (non-hydrogen) atoms. The quantitative estimate of drug-likeness (QED) is 0.800. The molecule has 0 fully saturated rings. The van der Waals surface area contributed by atoms with E-state index in [0.717, 1.165) is 10.0 Å².